The maximum Gasteiger partial charge on any atom is 0.332 e. The summed E-state index contributed by atoms with van der Waals surface area (Å²) in [5.74, 6) is 0.689. The first-order chi connectivity index (χ1) is 10.1. The fourth-order valence-corrected chi connectivity index (χ4v) is 2.50. The number of thiazole rings is 1. The third kappa shape index (κ3) is 4.07. The zero-order valence-electron chi connectivity index (χ0n) is 11.0. The van der Waals surface area contributed by atoms with Gasteiger partial charge in [0.2, 0.25) is 0 Å². The lowest BCUT2D eigenvalue weighted by molar-refractivity contribution is 0.249. The minimum absolute atomic E-state index is 0.271. The molecule has 1 aromatic carbocycles. The molecule has 7 nitrogen and oxygen atoms in total. The number of primary amides is 1. The van der Waals surface area contributed by atoms with Gasteiger partial charge in [-0.25, -0.2) is 15.2 Å². The van der Waals surface area contributed by atoms with Gasteiger partial charge in [0, 0.05) is 0 Å². The Balaban J connectivity index is 2.15. The number of hydrogen-bond donors (Lipinski definition) is 3. The minimum atomic E-state index is -0.751. The molecular weight excluding hydrogens is 314 g/mol. The lowest BCUT2D eigenvalue weighted by Gasteiger charge is -2.07. The van der Waals surface area contributed by atoms with E-state index in [2.05, 4.69) is 20.8 Å². The molecule has 0 atom stereocenters. The number of aromatic nitrogens is 1. The summed E-state index contributed by atoms with van der Waals surface area (Å²) in [6, 6.07) is 6.68. The van der Waals surface area contributed by atoms with Crippen LogP contribution in [0.4, 0.5) is 15.6 Å². The van der Waals surface area contributed by atoms with Gasteiger partial charge in [0.25, 0.3) is 0 Å². The molecule has 0 bridgehead atoms. The average molecular weight is 326 g/mol. The van der Waals surface area contributed by atoms with E-state index in [1.54, 1.807) is 7.11 Å². The van der Waals surface area contributed by atoms with Crippen LogP contribution in [-0.4, -0.2) is 24.3 Å². The highest BCUT2D eigenvalue weighted by atomic mass is 35.5. The van der Waals surface area contributed by atoms with E-state index in [9.17, 15) is 4.79 Å². The number of amides is 2. The number of carbonyl (C=O) groups is 1. The number of hydrogen-bond acceptors (Lipinski definition) is 6. The van der Waals surface area contributed by atoms with Crippen LogP contribution >= 0.6 is 22.9 Å². The van der Waals surface area contributed by atoms with E-state index in [1.165, 1.54) is 17.6 Å². The first-order valence-corrected chi connectivity index (χ1v) is 6.94. The second-order valence-electron chi connectivity index (χ2n) is 3.73. The smallest absolute Gasteiger partial charge is 0.332 e. The normalized spacial score (nSPS) is 10.6. The molecule has 1 aromatic heterocycles. The molecule has 0 saturated heterocycles. The van der Waals surface area contributed by atoms with Crippen LogP contribution in [-0.2, 0) is 0 Å². The Labute approximate surface area is 129 Å². The quantitative estimate of drug-likeness (QED) is 0.580. The van der Waals surface area contributed by atoms with Crippen LogP contribution in [0.2, 0.25) is 5.15 Å². The van der Waals surface area contributed by atoms with Crippen LogP contribution in [0.25, 0.3) is 0 Å². The van der Waals surface area contributed by atoms with E-state index >= 15 is 0 Å². The summed E-state index contributed by atoms with van der Waals surface area (Å²) < 4.78 is 5.24. The molecular formula is C12H12ClN5O2S. The molecule has 4 N–H and O–H groups in total. The maximum absolute atomic E-state index is 10.5. The SMILES string of the molecule is COc1ccccc1Nc1nc(Cl)c(/C=N/NC(N)=O)s1. The van der Waals surface area contributed by atoms with Gasteiger partial charge in [0.1, 0.15) is 5.75 Å². The first kappa shape index (κ1) is 15.1. The third-order valence-electron chi connectivity index (χ3n) is 2.31. The van der Waals surface area contributed by atoms with Crippen molar-refractivity contribution in [3.8, 4) is 5.75 Å². The van der Waals surface area contributed by atoms with Gasteiger partial charge in [0.15, 0.2) is 10.3 Å². The zero-order chi connectivity index (χ0) is 15.2. The number of carbonyl (C=O) groups excluding carboxylic acids is 1. The molecule has 21 heavy (non-hydrogen) atoms. The Morgan fingerprint density at radius 3 is 3.00 bits per heavy atom. The Morgan fingerprint density at radius 2 is 2.29 bits per heavy atom. The number of hydrazone groups is 1. The van der Waals surface area contributed by atoms with Crippen molar-refractivity contribution in [2.45, 2.75) is 0 Å². The molecule has 0 aliphatic carbocycles. The van der Waals surface area contributed by atoms with E-state index in [-0.39, 0.29) is 5.15 Å². The second kappa shape index (κ2) is 6.91. The monoisotopic (exact) mass is 325 g/mol. The van der Waals surface area contributed by atoms with Crippen molar-refractivity contribution in [3.05, 3.63) is 34.3 Å². The first-order valence-electron chi connectivity index (χ1n) is 5.75. The largest absolute Gasteiger partial charge is 0.495 e. The number of nitrogens with zero attached hydrogens (tertiary/aromatic N) is 2. The molecule has 2 rings (SSSR count). The Morgan fingerprint density at radius 1 is 1.52 bits per heavy atom. The van der Waals surface area contributed by atoms with E-state index in [1.807, 2.05) is 24.3 Å². The molecule has 1 heterocycles. The Kier molecular flexibility index (Phi) is 4.96. The molecule has 0 spiro atoms. The highest BCUT2D eigenvalue weighted by Crippen LogP contribution is 2.31. The summed E-state index contributed by atoms with van der Waals surface area (Å²) in [6.45, 7) is 0. The molecule has 0 radical (unpaired) electrons. The number of nitrogens with one attached hydrogen (secondary N) is 2. The van der Waals surface area contributed by atoms with Crippen molar-refractivity contribution >= 4 is 46.0 Å². The molecule has 0 unspecified atom stereocenters. The van der Waals surface area contributed by atoms with E-state index in [0.717, 1.165) is 5.69 Å². The van der Waals surface area contributed by atoms with E-state index in [0.29, 0.717) is 15.8 Å². The average Bonchev–Trinajstić information content (AvgIpc) is 2.79. The number of anilines is 2. The van der Waals surface area contributed by atoms with Crippen LogP contribution in [0.15, 0.2) is 29.4 Å². The molecule has 2 aromatic rings. The molecule has 2 amide bonds. The van der Waals surface area contributed by atoms with E-state index < -0.39 is 6.03 Å². The predicted octanol–water partition coefficient (Wildman–Crippen LogP) is 2.55. The molecule has 9 heteroatoms. The van der Waals surface area contributed by atoms with Gasteiger partial charge in [-0.1, -0.05) is 35.1 Å². The van der Waals surface area contributed by atoms with Gasteiger partial charge in [-0.05, 0) is 12.1 Å². The van der Waals surface area contributed by atoms with Gasteiger partial charge in [0.05, 0.1) is 23.9 Å². The topological polar surface area (TPSA) is 102 Å². The second-order valence-corrected chi connectivity index (χ2v) is 5.12. The van der Waals surface area contributed by atoms with Crippen molar-refractivity contribution in [1.29, 1.82) is 0 Å². The number of urea groups is 1. The summed E-state index contributed by atoms with van der Waals surface area (Å²) in [7, 11) is 1.59. The number of halogens is 1. The molecule has 0 saturated carbocycles. The summed E-state index contributed by atoms with van der Waals surface area (Å²) in [5, 5.41) is 7.59. The van der Waals surface area contributed by atoms with Gasteiger partial charge >= 0.3 is 6.03 Å². The van der Waals surface area contributed by atoms with Crippen LogP contribution in [0.1, 0.15) is 4.88 Å². The molecule has 0 fully saturated rings. The van der Waals surface area contributed by atoms with Crippen LogP contribution in [0, 0.1) is 0 Å². The Hall–Kier alpha value is -2.32. The number of methoxy groups -OCH3 is 1. The summed E-state index contributed by atoms with van der Waals surface area (Å²) in [4.78, 5) is 15.3. The van der Waals surface area contributed by atoms with Gasteiger partial charge < -0.3 is 15.8 Å². The number of ether oxygens (including phenoxy) is 1. The van der Waals surface area contributed by atoms with Gasteiger partial charge in [-0.15, -0.1) is 0 Å². The van der Waals surface area contributed by atoms with Crippen molar-refractivity contribution in [1.82, 2.24) is 10.4 Å². The highest BCUT2D eigenvalue weighted by molar-refractivity contribution is 7.17. The fourth-order valence-electron chi connectivity index (χ4n) is 1.46. The van der Waals surface area contributed by atoms with Gasteiger partial charge in [-0.3, -0.25) is 0 Å². The molecule has 110 valence electrons. The predicted molar refractivity (Wildman–Crippen MR) is 83.7 cm³/mol. The summed E-state index contributed by atoms with van der Waals surface area (Å²) in [5.41, 5.74) is 7.75. The van der Waals surface area contributed by atoms with Crippen LogP contribution < -0.4 is 21.2 Å². The third-order valence-corrected chi connectivity index (χ3v) is 3.62. The minimum Gasteiger partial charge on any atom is -0.495 e. The Bertz CT molecular complexity index is 673. The maximum atomic E-state index is 10.5. The molecule has 0 aliphatic rings. The molecule has 0 aliphatic heterocycles. The zero-order valence-corrected chi connectivity index (χ0v) is 12.5. The number of para-hydroxylation sites is 2. The summed E-state index contributed by atoms with van der Waals surface area (Å²) >= 11 is 7.27. The standard InChI is InChI=1S/C12H12ClN5O2S/c1-20-8-5-3-2-4-7(8)16-12-17-10(13)9(21-12)6-15-18-11(14)19/h2-6H,1H3,(H,16,17)(H3,14,18,19)/b15-6+. The van der Waals surface area contributed by atoms with Crippen molar-refractivity contribution in [2.75, 3.05) is 12.4 Å². The van der Waals surface area contributed by atoms with Crippen molar-refractivity contribution in [3.63, 3.8) is 0 Å². The summed E-state index contributed by atoms with van der Waals surface area (Å²) in [6.07, 6.45) is 1.37. The number of benzene rings is 1. The van der Waals surface area contributed by atoms with E-state index in [4.69, 9.17) is 22.1 Å². The number of rotatable bonds is 5. The van der Waals surface area contributed by atoms with Crippen LogP contribution in [0.3, 0.4) is 0 Å². The lowest BCUT2D eigenvalue weighted by atomic mass is 10.3. The lowest BCUT2D eigenvalue weighted by Crippen LogP contribution is -2.24. The van der Waals surface area contributed by atoms with Crippen molar-refractivity contribution < 1.29 is 9.53 Å². The van der Waals surface area contributed by atoms with Crippen LogP contribution in [0.5, 0.6) is 5.75 Å². The fraction of sp³-hybridized carbons (Fsp3) is 0.0833. The van der Waals surface area contributed by atoms with Gasteiger partial charge in [-0.2, -0.15) is 5.10 Å². The highest BCUT2D eigenvalue weighted by Gasteiger charge is 2.09. The number of nitrogens with two attached hydrogens (primary N) is 1. The van der Waals surface area contributed by atoms with Crippen molar-refractivity contribution in [2.24, 2.45) is 10.8 Å².